The number of aryl methyl sites for hydroxylation is 1. The van der Waals surface area contributed by atoms with Gasteiger partial charge in [0.2, 0.25) is 5.78 Å². The second-order valence-corrected chi connectivity index (χ2v) is 7.17. The van der Waals surface area contributed by atoms with Crippen LogP contribution < -0.4 is 9.47 Å². The Morgan fingerprint density at radius 1 is 1.00 bits per heavy atom. The van der Waals surface area contributed by atoms with Gasteiger partial charge in [-0.05, 0) is 54.0 Å². The maximum Gasteiger partial charge on any atom is 0.232 e. The number of hydrogen-bond acceptors (Lipinski definition) is 3. The highest BCUT2D eigenvalue weighted by Crippen LogP contribution is 2.37. The summed E-state index contributed by atoms with van der Waals surface area (Å²) < 4.78 is 11.7. The standard InChI is InChI=1S/C25H19ClO3/c1-17-14-21(28-13-5-8-18-6-3-2-4-7-18)16-22-24(17)25(27)23(29-22)15-19-9-11-20(26)12-10-19/h2-12,14-16H,13H2,1H3/b8-5+,23-15-. The number of benzene rings is 3. The summed E-state index contributed by atoms with van der Waals surface area (Å²) in [6, 6.07) is 20.9. The van der Waals surface area contributed by atoms with Crippen molar-refractivity contribution < 1.29 is 14.3 Å². The van der Waals surface area contributed by atoms with Gasteiger partial charge in [0.15, 0.2) is 5.76 Å². The molecule has 1 heterocycles. The fourth-order valence-electron chi connectivity index (χ4n) is 3.16. The first-order valence-electron chi connectivity index (χ1n) is 9.29. The van der Waals surface area contributed by atoms with E-state index in [1.807, 2.05) is 67.6 Å². The molecule has 3 nitrogen and oxygen atoms in total. The number of fused-ring (bicyclic) bond motifs is 1. The summed E-state index contributed by atoms with van der Waals surface area (Å²) in [5.41, 5.74) is 3.38. The smallest absolute Gasteiger partial charge is 0.232 e. The monoisotopic (exact) mass is 402 g/mol. The lowest BCUT2D eigenvalue weighted by atomic mass is 10.0. The predicted molar refractivity (Wildman–Crippen MR) is 117 cm³/mol. The molecule has 29 heavy (non-hydrogen) atoms. The fraction of sp³-hybridized carbons (Fsp3) is 0.0800. The number of rotatable bonds is 5. The molecule has 4 rings (SSSR count). The van der Waals surface area contributed by atoms with Gasteiger partial charge in [0.1, 0.15) is 18.1 Å². The lowest BCUT2D eigenvalue weighted by Crippen LogP contribution is -2.00. The van der Waals surface area contributed by atoms with Gasteiger partial charge in [0.05, 0.1) is 5.56 Å². The summed E-state index contributed by atoms with van der Waals surface area (Å²) in [5.74, 6) is 1.37. The van der Waals surface area contributed by atoms with E-state index in [1.165, 1.54) is 0 Å². The van der Waals surface area contributed by atoms with Gasteiger partial charge in [-0.3, -0.25) is 4.79 Å². The summed E-state index contributed by atoms with van der Waals surface area (Å²) in [5, 5.41) is 0.646. The molecule has 0 bridgehead atoms. The molecule has 0 atom stereocenters. The van der Waals surface area contributed by atoms with Crippen LogP contribution in [0.25, 0.3) is 12.2 Å². The van der Waals surface area contributed by atoms with Crippen molar-refractivity contribution in [2.75, 3.05) is 6.61 Å². The summed E-state index contributed by atoms with van der Waals surface area (Å²) >= 11 is 5.92. The fourth-order valence-corrected chi connectivity index (χ4v) is 3.29. The van der Waals surface area contributed by atoms with Crippen molar-refractivity contribution in [2.24, 2.45) is 0 Å². The van der Waals surface area contributed by atoms with Gasteiger partial charge >= 0.3 is 0 Å². The van der Waals surface area contributed by atoms with Gasteiger partial charge in [0.25, 0.3) is 0 Å². The zero-order valence-electron chi connectivity index (χ0n) is 15.9. The van der Waals surface area contributed by atoms with Crippen LogP contribution in [-0.4, -0.2) is 12.4 Å². The average molecular weight is 403 g/mol. The highest BCUT2D eigenvalue weighted by atomic mass is 35.5. The molecular formula is C25H19ClO3. The molecule has 1 aliphatic heterocycles. The molecule has 0 unspecified atom stereocenters. The van der Waals surface area contributed by atoms with Crippen molar-refractivity contribution in [1.29, 1.82) is 0 Å². The quantitative estimate of drug-likeness (QED) is 0.466. The van der Waals surface area contributed by atoms with Gasteiger partial charge in [0, 0.05) is 11.1 Å². The highest BCUT2D eigenvalue weighted by molar-refractivity contribution is 6.30. The third-order valence-corrected chi connectivity index (χ3v) is 4.82. The minimum Gasteiger partial charge on any atom is -0.489 e. The second kappa shape index (κ2) is 8.38. The minimum absolute atomic E-state index is 0.122. The summed E-state index contributed by atoms with van der Waals surface area (Å²) in [4.78, 5) is 12.7. The largest absolute Gasteiger partial charge is 0.489 e. The third kappa shape index (κ3) is 4.41. The Kier molecular flexibility index (Phi) is 5.50. The number of allylic oxidation sites excluding steroid dienone is 1. The van der Waals surface area contributed by atoms with E-state index in [-0.39, 0.29) is 5.78 Å². The molecule has 0 amide bonds. The van der Waals surface area contributed by atoms with E-state index in [9.17, 15) is 4.79 Å². The summed E-state index contributed by atoms with van der Waals surface area (Å²) in [6.07, 6.45) is 5.68. The van der Waals surface area contributed by atoms with Crippen LogP contribution in [0.4, 0.5) is 0 Å². The molecule has 4 heteroatoms. The molecule has 1 aliphatic rings. The van der Waals surface area contributed by atoms with Crippen LogP contribution in [-0.2, 0) is 0 Å². The molecule has 0 spiro atoms. The molecule has 0 saturated heterocycles. The number of ketones is 1. The first-order chi connectivity index (χ1) is 14.1. The van der Waals surface area contributed by atoms with Crippen molar-refractivity contribution in [3.63, 3.8) is 0 Å². The zero-order chi connectivity index (χ0) is 20.2. The molecule has 0 fully saturated rings. The van der Waals surface area contributed by atoms with E-state index < -0.39 is 0 Å². The van der Waals surface area contributed by atoms with Gasteiger partial charge in [-0.2, -0.15) is 0 Å². The first kappa shape index (κ1) is 19.0. The SMILES string of the molecule is Cc1cc(OC/C=C/c2ccccc2)cc2c1C(=O)/C(=C/c1ccc(Cl)cc1)O2. The maximum atomic E-state index is 12.7. The number of ether oxygens (including phenoxy) is 2. The van der Waals surface area contributed by atoms with Crippen molar-refractivity contribution in [3.8, 4) is 11.5 Å². The number of carbonyl (C=O) groups excluding carboxylic acids is 1. The van der Waals surface area contributed by atoms with Crippen molar-refractivity contribution in [1.82, 2.24) is 0 Å². The highest BCUT2D eigenvalue weighted by Gasteiger charge is 2.29. The molecule has 0 saturated carbocycles. The number of halogens is 1. The van der Waals surface area contributed by atoms with Gasteiger partial charge in [-0.15, -0.1) is 0 Å². The van der Waals surface area contributed by atoms with E-state index in [4.69, 9.17) is 21.1 Å². The lowest BCUT2D eigenvalue weighted by Gasteiger charge is -2.07. The topological polar surface area (TPSA) is 35.5 Å². The van der Waals surface area contributed by atoms with Crippen LogP contribution in [0, 0.1) is 6.92 Å². The van der Waals surface area contributed by atoms with Crippen molar-refractivity contribution in [2.45, 2.75) is 6.92 Å². The Labute approximate surface area is 174 Å². The van der Waals surface area contributed by atoms with Crippen molar-refractivity contribution in [3.05, 3.63) is 106 Å². The van der Waals surface area contributed by atoms with E-state index in [0.29, 0.717) is 34.5 Å². The Hall–Kier alpha value is -3.30. The average Bonchev–Trinajstić information content (AvgIpc) is 3.03. The van der Waals surface area contributed by atoms with Gasteiger partial charge in [-0.1, -0.05) is 60.1 Å². The van der Waals surface area contributed by atoms with Crippen LogP contribution >= 0.6 is 11.6 Å². The number of hydrogen-bond donors (Lipinski definition) is 0. The molecule has 0 radical (unpaired) electrons. The lowest BCUT2D eigenvalue weighted by molar-refractivity contribution is 0.101. The van der Waals surface area contributed by atoms with E-state index in [0.717, 1.165) is 16.7 Å². The van der Waals surface area contributed by atoms with Gasteiger partial charge in [-0.25, -0.2) is 0 Å². The summed E-state index contributed by atoms with van der Waals surface area (Å²) in [7, 11) is 0. The van der Waals surface area contributed by atoms with Crippen LogP contribution in [0.2, 0.25) is 5.02 Å². The maximum absolute atomic E-state index is 12.7. The Balaban J connectivity index is 1.48. The molecular weight excluding hydrogens is 384 g/mol. The zero-order valence-corrected chi connectivity index (χ0v) is 16.6. The Morgan fingerprint density at radius 2 is 1.76 bits per heavy atom. The van der Waals surface area contributed by atoms with E-state index in [1.54, 1.807) is 24.3 Å². The molecule has 0 N–H and O–H groups in total. The number of carbonyl (C=O) groups is 1. The molecule has 3 aromatic rings. The third-order valence-electron chi connectivity index (χ3n) is 4.57. The van der Waals surface area contributed by atoms with Crippen LogP contribution in [0.5, 0.6) is 11.5 Å². The summed E-state index contributed by atoms with van der Waals surface area (Å²) in [6.45, 7) is 2.31. The van der Waals surface area contributed by atoms with Crippen LogP contribution in [0.15, 0.2) is 78.6 Å². The predicted octanol–water partition coefficient (Wildman–Crippen LogP) is 6.36. The van der Waals surface area contributed by atoms with Crippen molar-refractivity contribution >= 4 is 29.5 Å². The molecule has 3 aromatic carbocycles. The molecule has 144 valence electrons. The Bertz CT molecular complexity index is 1100. The normalized spacial score (nSPS) is 14.3. The van der Waals surface area contributed by atoms with Crippen LogP contribution in [0.3, 0.4) is 0 Å². The van der Waals surface area contributed by atoms with Crippen LogP contribution in [0.1, 0.15) is 27.0 Å². The number of Topliss-reactive ketones (excluding diaryl/α,β-unsaturated/α-hetero) is 1. The minimum atomic E-state index is -0.122. The van der Waals surface area contributed by atoms with E-state index >= 15 is 0 Å². The molecule has 0 aromatic heterocycles. The van der Waals surface area contributed by atoms with Gasteiger partial charge < -0.3 is 9.47 Å². The second-order valence-electron chi connectivity index (χ2n) is 6.73. The van der Waals surface area contributed by atoms with E-state index in [2.05, 4.69) is 0 Å². The first-order valence-corrected chi connectivity index (χ1v) is 9.67. The molecule has 0 aliphatic carbocycles. The Morgan fingerprint density at radius 3 is 2.52 bits per heavy atom.